The molecule has 1 aliphatic heterocycles. The molecule has 1 aromatic rings. The number of ether oxygens (including phenoxy) is 1. The van der Waals surface area contributed by atoms with Gasteiger partial charge in [-0.2, -0.15) is 0 Å². The number of nitrogens with one attached hydrogen (secondary N) is 1. The molecule has 0 bridgehead atoms. The third-order valence-corrected chi connectivity index (χ3v) is 3.06. The Bertz CT molecular complexity index is 329. The molecule has 0 saturated carbocycles. The highest BCUT2D eigenvalue weighted by Gasteiger charge is 2.28. The first-order valence-corrected chi connectivity index (χ1v) is 5.25. The summed E-state index contributed by atoms with van der Waals surface area (Å²) >= 11 is 0. The smallest absolute Gasteiger partial charge is 0.119 e. The molecule has 1 saturated heterocycles. The van der Waals surface area contributed by atoms with Crippen molar-refractivity contribution in [1.82, 2.24) is 5.32 Å². The fourth-order valence-corrected chi connectivity index (χ4v) is 2.16. The molecule has 0 amide bonds. The summed E-state index contributed by atoms with van der Waals surface area (Å²) in [5, 5.41) is 3.23. The van der Waals surface area contributed by atoms with Crippen LogP contribution in [0.1, 0.15) is 11.5 Å². The molecule has 2 nitrogen and oxygen atoms in total. The zero-order valence-corrected chi connectivity index (χ0v) is 8.87. The zero-order chi connectivity index (χ0) is 10.7. The molecule has 1 aliphatic rings. The molecule has 0 radical (unpaired) electrons. The van der Waals surface area contributed by atoms with Crippen LogP contribution in [0.15, 0.2) is 24.3 Å². The summed E-state index contributed by atoms with van der Waals surface area (Å²) in [5.74, 6) is 1.24. The van der Waals surface area contributed by atoms with E-state index in [1.165, 1.54) is 5.56 Å². The first-order chi connectivity index (χ1) is 7.35. The highest BCUT2D eigenvalue weighted by atomic mass is 19.1. The summed E-state index contributed by atoms with van der Waals surface area (Å²) in [4.78, 5) is 0. The van der Waals surface area contributed by atoms with Gasteiger partial charge in [0, 0.05) is 24.9 Å². The minimum atomic E-state index is -0.255. The summed E-state index contributed by atoms with van der Waals surface area (Å²) in [7, 11) is 1.65. The van der Waals surface area contributed by atoms with E-state index >= 15 is 0 Å². The van der Waals surface area contributed by atoms with Crippen molar-refractivity contribution in [3.8, 4) is 5.75 Å². The molecule has 1 N–H and O–H groups in total. The van der Waals surface area contributed by atoms with Gasteiger partial charge in [0.05, 0.1) is 13.8 Å². The van der Waals surface area contributed by atoms with Crippen LogP contribution in [0.3, 0.4) is 0 Å². The molecule has 0 spiro atoms. The van der Waals surface area contributed by atoms with Crippen LogP contribution in [-0.4, -0.2) is 26.9 Å². The Morgan fingerprint density at radius 3 is 3.07 bits per heavy atom. The first-order valence-electron chi connectivity index (χ1n) is 5.25. The van der Waals surface area contributed by atoms with Crippen molar-refractivity contribution >= 4 is 0 Å². The van der Waals surface area contributed by atoms with Crippen molar-refractivity contribution in [2.24, 2.45) is 5.92 Å². The van der Waals surface area contributed by atoms with Gasteiger partial charge in [-0.05, 0) is 17.7 Å². The lowest BCUT2D eigenvalue weighted by Gasteiger charge is -2.16. The van der Waals surface area contributed by atoms with Gasteiger partial charge in [-0.25, -0.2) is 0 Å². The van der Waals surface area contributed by atoms with Crippen LogP contribution in [0.5, 0.6) is 5.75 Å². The molecule has 1 fully saturated rings. The van der Waals surface area contributed by atoms with E-state index in [1.54, 1.807) is 7.11 Å². The third-order valence-electron chi connectivity index (χ3n) is 3.06. The molecule has 15 heavy (non-hydrogen) atoms. The lowest BCUT2D eigenvalue weighted by Crippen LogP contribution is -2.12. The molecule has 82 valence electrons. The number of hydrogen-bond acceptors (Lipinski definition) is 2. The zero-order valence-electron chi connectivity index (χ0n) is 8.87. The van der Waals surface area contributed by atoms with Gasteiger partial charge < -0.3 is 10.1 Å². The van der Waals surface area contributed by atoms with Gasteiger partial charge in [0.25, 0.3) is 0 Å². The van der Waals surface area contributed by atoms with Gasteiger partial charge in [-0.1, -0.05) is 12.1 Å². The second-order valence-corrected chi connectivity index (χ2v) is 3.96. The van der Waals surface area contributed by atoms with E-state index in [4.69, 9.17) is 4.74 Å². The molecule has 0 aliphatic carbocycles. The lowest BCUT2D eigenvalue weighted by atomic mass is 9.90. The summed E-state index contributed by atoms with van der Waals surface area (Å²) in [6, 6.07) is 7.92. The van der Waals surface area contributed by atoms with Crippen LogP contribution in [0.4, 0.5) is 4.39 Å². The molecule has 2 atom stereocenters. The normalized spacial score (nSPS) is 25.5. The third kappa shape index (κ3) is 2.12. The first kappa shape index (κ1) is 10.4. The van der Waals surface area contributed by atoms with E-state index in [9.17, 15) is 4.39 Å². The van der Waals surface area contributed by atoms with Crippen molar-refractivity contribution in [2.75, 3.05) is 26.9 Å². The molecule has 0 unspecified atom stereocenters. The van der Waals surface area contributed by atoms with Crippen molar-refractivity contribution in [2.45, 2.75) is 5.92 Å². The van der Waals surface area contributed by atoms with E-state index in [0.29, 0.717) is 0 Å². The number of rotatable bonds is 3. The number of benzene rings is 1. The molecule has 0 aromatic heterocycles. The largest absolute Gasteiger partial charge is 0.497 e. The van der Waals surface area contributed by atoms with Gasteiger partial charge in [0.2, 0.25) is 0 Å². The Labute approximate surface area is 89.4 Å². The van der Waals surface area contributed by atoms with E-state index in [0.717, 1.165) is 18.8 Å². The molecule has 3 heteroatoms. The SMILES string of the molecule is COc1cccc([C@@H]2CNC[C@H]2CF)c1. The van der Waals surface area contributed by atoms with Crippen molar-refractivity contribution < 1.29 is 9.13 Å². The maximum absolute atomic E-state index is 12.7. The van der Waals surface area contributed by atoms with Crippen LogP contribution in [-0.2, 0) is 0 Å². The van der Waals surface area contributed by atoms with E-state index in [-0.39, 0.29) is 18.5 Å². The summed E-state index contributed by atoms with van der Waals surface area (Å²) in [5.41, 5.74) is 1.17. The second kappa shape index (κ2) is 4.62. The van der Waals surface area contributed by atoms with E-state index in [1.807, 2.05) is 24.3 Å². The maximum Gasteiger partial charge on any atom is 0.119 e. The predicted molar refractivity (Wildman–Crippen MR) is 58.1 cm³/mol. The molecular weight excluding hydrogens is 193 g/mol. The van der Waals surface area contributed by atoms with Gasteiger partial charge in [0.1, 0.15) is 5.75 Å². The molecule has 1 aromatic carbocycles. The Balaban J connectivity index is 2.20. The highest BCUT2D eigenvalue weighted by molar-refractivity contribution is 5.32. The molecule has 1 heterocycles. The van der Waals surface area contributed by atoms with Crippen LogP contribution in [0.25, 0.3) is 0 Å². The molecule has 2 rings (SSSR count). The standard InChI is InChI=1S/C12H16FNO/c1-15-11-4-2-3-9(5-11)12-8-14-7-10(12)6-13/h2-5,10,12,14H,6-8H2,1H3/t10-,12+/m1/s1. The predicted octanol–water partition coefficient (Wildman–Crippen LogP) is 1.97. The number of alkyl halides is 1. The average molecular weight is 209 g/mol. The summed E-state index contributed by atoms with van der Waals surface area (Å²) in [6.45, 7) is 1.38. The Hall–Kier alpha value is -1.09. The van der Waals surface area contributed by atoms with Gasteiger partial charge in [0.15, 0.2) is 0 Å². The fourth-order valence-electron chi connectivity index (χ4n) is 2.16. The quantitative estimate of drug-likeness (QED) is 0.821. The Morgan fingerprint density at radius 1 is 1.47 bits per heavy atom. The Morgan fingerprint density at radius 2 is 2.33 bits per heavy atom. The summed E-state index contributed by atoms with van der Waals surface area (Å²) in [6.07, 6.45) is 0. The number of hydrogen-bond donors (Lipinski definition) is 1. The van der Waals surface area contributed by atoms with E-state index < -0.39 is 0 Å². The lowest BCUT2D eigenvalue weighted by molar-refractivity contribution is 0.357. The van der Waals surface area contributed by atoms with Crippen LogP contribution in [0, 0.1) is 5.92 Å². The van der Waals surface area contributed by atoms with Crippen LogP contribution in [0.2, 0.25) is 0 Å². The van der Waals surface area contributed by atoms with Crippen molar-refractivity contribution in [1.29, 1.82) is 0 Å². The monoisotopic (exact) mass is 209 g/mol. The molecular formula is C12H16FNO. The Kier molecular flexibility index (Phi) is 3.21. The van der Waals surface area contributed by atoms with Gasteiger partial charge >= 0.3 is 0 Å². The van der Waals surface area contributed by atoms with Crippen LogP contribution >= 0.6 is 0 Å². The average Bonchev–Trinajstić information content (AvgIpc) is 2.77. The number of methoxy groups -OCH3 is 1. The minimum Gasteiger partial charge on any atom is -0.497 e. The van der Waals surface area contributed by atoms with Gasteiger partial charge in [-0.3, -0.25) is 4.39 Å². The maximum atomic E-state index is 12.7. The van der Waals surface area contributed by atoms with Crippen molar-refractivity contribution in [3.63, 3.8) is 0 Å². The van der Waals surface area contributed by atoms with E-state index in [2.05, 4.69) is 5.32 Å². The van der Waals surface area contributed by atoms with Gasteiger partial charge in [-0.15, -0.1) is 0 Å². The highest BCUT2D eigenvalue weighted by Crippen LogP contribution is 2.30. The number of halogens is 1. The summed E-state index contributed by atoms with van der Waals surface area (Å²) < 4.78 is 17.9. The fraction of sp³-hybridized carbons (Fsp3) is 0.500. The topological polar surface area (TPSA) is 21.3 Å². The minimum absolute atomic E-state index is 0.108. The van der Waals surface area contributed by atoms with Crippen molar-refractivity contribution in [3.05, 3.63) is 29.8 Å². The second-order valence-electron chi connectivity index (χ2n) is 3.96. The van der Waals surface area contributed by atoms with Crippen LogP contribution < -0.4 is 10.1 Å².